The van der Waals surface area contributed by atoms with Crippen molar-refractivity contribution in [2.75, 3.05) is 19.0 Å². The third-order valence-electron chi connectivity index (χ3n) is 2.20. The predicted octanol–water partition coefficient (Wildman–Crippen LogP) is -0.414. The topological polar surface area (TPSA) is 90.5 Å². The number of hydrazine groups is 1. The second kappa shape index (κ2) is 5.67. The van der Waals surface area contributed by atoms with Crippen LogP contribution in [0.15, 0.2) is 24.3 Å². The molecule has 0 saturated heterocycles. The van der Waals surface area contributed by atoms with Gasteiger partial charge in [0.15, 0.2) is 0 Å². The van der Waals surface area contributed by atoms with Crippen molar-refractivity contribution < 1.29 is 10.2 Å². The smallest absolute Gasteiger partial charge is 0.106 e. The van der Waals surface area contributed by atoms with E-state index in [0.717, 1.165) is 5.69 Å². The molecule has 15 heavy (non-hydrogen) atoms. The van der Waals surface area contributed by atoms with Crippen molar-refractivity contribution in [3.8, 4) is 0 Å². The highest BCUT2D eigenvalue weighted by Crippen LogP contribution is 2.18. The average molecular weight is 211 g/mol. The number of likely N-dealkylation sites (N-methyl/N-ethyl adjacent to an activating group) is 1. The summed E-state index contributed by atoms with van der Waals surface area (Å²) in [5.41, 5.74) is 3.91. The Kier molecular flexibility index (Phi) is 4.51. The van der Waals surface area contributed by atoms with Crippen LogP contribution < -0.4 is 16.6 Å². The normalized spacial score (nSPS) is 14.7. The summed E-state index contributed by atoms with van der Waals surface area (Å²) in [6.07, 6.45) is -1.70. The van der Waals surface area contributed by atoms with E-state index in [1.165, 1.54) is 0 Å². The van der Waals surface area contributed by atoms with Crippen molar-refractivity contribution in [1.82, 2.24) is 5.32 Å². The van der Waals surface area contributed by atoms with Crippen molar-refractivity contribution >= 4 is 5.69 Å². The van der Waals surface area contributed by atoms with Gasteiger partial charge in [-0.15, -0.1) is 0 Å². The van der Waals surface area contributed by atoms with Crippen molar-refractivity contribution in [2.24, 2.45) is 5.84 Å². The first kappa shape index (κ1) is 11.9. The average Bonchev–Trinajstić information content (AvgIpc) is 2.28. The molecule has 5 nitrogen and oxygen atoms in total. The van der Waals surface area contributed by atoms with E-state index < -0.39 is 12.2 Å². The molecule has 0 saturated carbocycles. The van der Waals surface area contributed by atoms with Gasteiger partial charge < -0.3 is 21.0 Å². The largest absolute Gasteiger partial charge is 0.389 e. The summed E-state index contributed by atoms with van der Waals surface area (Å²) in [5.74, 6) is 5.21. The Morgan fingerprint density at radius 3 is 2.33 bits per heavy atom. The molecule has 0 heterocycles. The Bertz CT molecular complexity index is 289. The van der Waals surface area contributed by atoms with Gasteiger partial charge in [-0.25, -0.2) is 0 Å². The molecule has 2 atom stereocenters. The summed E-state index contributed by atoms with van der Waals surface area (Å²) in [6, 6.07) is 6.92. The minimum Gasteiger partial charge on any atom is -0.389 e. The second-order valence-corrected chi connectivity index (χ2v) is 3.34. The van der Waals surface area contributed by atoms with Gasteiger partial charge in [0.25, 0.3) is 0 Å². The molecule has 0 aliphatic heterocycles. The lowest BCUT2D eigenvalue weighted by Gasteiger charge is -2.17. The van der Waals surface area contributed by atoms with E-state index in [1.807, 2.05) is 0 Å². The molecule has 0 fully saturated rings. The number of hydrogen-bond acceptors (Lipinski definition) is 5. The first-order valence-electron chi connectivity index (χ1n) is 4.76. The minimum atomic E-state index is -0.885. The SMILES string of the molecule is CNCC(O)C(O)c1ccc(NN)cc1. The van der Waals surface area contributed by atoms with Crippen LogP contribution in [0.5, 0.6) is 0 Å². The number of nitrogen functional groups attached to an aromatic ring is 1. The summed E-state index contributed by atoms with van der Waals surface area (Å²) in [7, 11) is 1.72. The molecule has 0 aliphatic rings. The maximum Gasteiger partial charge on any atom is 0.106 e. The number of nitrogens with two attached hydrogens (primary N) is 1. The molecule has 1 aromatic rings. The van der Waals surface area contributed by atoms with E-state index in [2.05, 4.69) is 10.7 Å². The number of aliphatic hydroxyl groups excluding tert-OH is 2. The summed E-state index contributed by atoms with van der Waals surface area (Å²) >= 11 is 0. The maximum atomic E-state index is 9.74. The van der Waals surface area contributed by atoms with Gasteiger partial charge in [0.05, 0.1) is 6.10 Å². The first-order chi connectivity index (χ1) is 7.19. The van der Waals surface area contributed by atoms with Gasteiger partial charge in [-0.3, -0.25) is 5.84 Å². The lowest BCUT2D eigenvalue weighted by atomic mass is 10.0. The van der Waals surface area contributed by atoms with Crippen LogP contribution in [-0.4, -0.2) is 29.9 Å². The molecule has 1 rings (SSSR count). The van der Waals surface area contributed by atoms with Crippen LogP contribution in [0.4, 0.5) is 5.69 Å². The molecule has 0 aliphatic carbocycles. The van der Waals surface area contributed by atoms with Gasteiger partial charge in [-0.2, -0.15) is 0 Å². The number of rotatable bonds is 5. The zero-order valence-corrected chi connectivity index (χ0v) is 8.64. The Balaban J connectivity index is 2.69. The molecule has 84 valence electrons. The number of aliphatic hydroxyl groups is 2. The molecule has 0 bridgehead atoms. The van der Waals surface area contributed by atoms with Crippen molar-refractivity contribution in [2.45, 2.75) is 12.2 Å². The lowest BCUT2D eigenvalue weighted by Crippen LogP contribution is -2.29. The number of benzene rings is 1. The zero-order chi connectivity index (χ0) is 11.3. The van der Waals surface area contributed by atoms with Crippen LogP contribution in [0.1, 0.15) is 11.7 Å². The van der Waals surface area contributed by atoms with E-state index in [4.69, 9.17) is 5.84 Å². The van der Waals surface area contributed by atoms with Crippen LogP contribution in [0.25, 0.3) is 0 Å². The van der Waals surface area contributed by atoms with E-state index in [1.54, 1.807) is 31.3 Å². The van der Waals surface area contributed by atoms with Gasteiger partial charge in [-0.1, -0.05) is 12.1 Å². The quantitative estimate of drug-likeness (QED) is 0.337. The molecule has 5 heteroatoms. The van der Waals surface area contributed by atoms with Gasteiger partial charge >= 0.3 is 0 Å². The Morgan fingerprint density at radius 2 is 1.87 bits per heavy atom. The van der Waals surface area contributed by atoms with Crippen molar-refractivity contribution in [3.05, 3.63) is 29.8 Å². The van der Waals surface area contributed by atoms with Gasteiger partial charge in [0.2, 0.25) is 0 Å². The summed E-state index contributed by atoms with van der Waals surface area (Å²) in [4.78, 5) is 0. The molecule has 2 unspecified atom stereocenters. The molecule has 0 spiro atoms. The molecular formula is C10H17N3O2. The highest BCUT2D eigenvalue weighted by atomic mass is 16.3. The standard InChI is InChI=1S/C10H17N3O2/c1-12-6-9(14)10(15)7-2-4-8(13-11)5-3-7/h2-5,9-10,12-15H,6,11H2,1H3. The first-order valence-corrected chi connectivity index (χ1v) is 4.76. The summed E-state index contributed by atoms with van der Waals surface area (Å²) in [5, 5.41) is 22.1. The highest BCUT2D eigenvalue weighted by Gasteiger charge is 2.16. The fraction of sp³-hybridized carbons (Fsp3) is 0.400. The summed E-state index contributed by atoms with van der Waals surface area (Å²) < 4.78 is 0. The van der Waals surface area contributed by atoms with E-state index in [0.29, 0.717) is 12.1 Å². The Hall–Kier alpha value is -1.14. The fourth-order valence-electron chi connectivity index (χ4n) is 1.32. The number of hydrogen-bond donors (Lipinski definition) is 5. The fourth-order valence-corrected chi connectivity index (χ4v) is 1.32. The maximum absolute atomic E-state index is 9.74. The van der Waals surface area contributed by atoms with E-state index in [-0.39, 0.29) is 0 Å². The molecule has 0 radical (unpaired) electrons. The zero-order valence-electron chi connectivity index (χ0n) is 8.64. The monoisotopic (exact) mass is 211 g/mol. The van der Waals surface area contributed by atoms with Crippen molar-refractivity contribution in [1.29, 1.82) is 0 Å². The number of anilines is 1. The van der Waals surface area contributed by atoms with Gasteiger partial charge in [0.1, 0.15) is 6.10 Å². The van der Waals surface area contributed by atoms with Crippen LogP contribution in [-0.2, 0) is 0 Å². The minimum absolute atomic E-state index is 0.345. The van der Waals surface area contributed by atoms with Crippen LogP contribution in [0, 0.1) is 0 Å². The lowest BCUT2D eigenvalue weighted by molar-refractivity contribution is 0.0202. The third kappa shape index (κ3) is 3.17. The molecule has 0 aromatic heterocycles. The van der Waals surface area contributed by atoms with Crippen LogP contribution >= 0.6 is 0 Å². The predicted molar refractivity (Wildman–Crippen MR) is 59.1 cm³/mol. The number of nitrogens with one attached hydrogen (secondary N) is 2. The third-order valence-corrected chi connectivity index (χ3v) is 2.20. The van der Waals surface area contributed by atoms with E-state index >= 15 is 0 Å². The Labute approximate surface area is 88.9 Å². The van der Waals surface area contributed by atoms with Crippen LogP contribution in [0.2, 0.25) is 0 Å². The molecular weight excluding hydrogens is 194 g/mol. The Morgan fingerprint density at radius 1 is 1.27 bits per heavy atom. The molecule has 1 aromatic carbocycles. The summed E-state index contributed by atoms with van der Waals surface area (Å²) in [6.45, 7) is 0.345. The second-order valence-electron chi connectivity index (χ2n) is 3.34. The van der Waals surface area contributed by atoms with Gasteiger partial charge in [0, 0.05) is 12.2 Å². The molecule has 6 N–H and O–H groups in total. The molecule has 0 amide bonds. The van der Waals surface area contributed by atoms with E-state index in [9.17, 15) is 10.2 Å². The van der Waals surface area contributed by atoms with Crippen molar-refractivity contribution in [3.63, 3.8) is 0 Å². The highest BCUT2D eigenvalue weighted by molar-refractivity contribution is 5.43. The van der Waals surface area contributed by atoms with Crippen LogP contribution in [0.3, 0.4) is 0 Å². The van der Waals surface area contributed by atoms with Gasteiger partial charge in [-0.05, 0) is 24.7 Å².